The fourth-order valence-corrected chi connectivity index (χ4v) is 9.31. The molecule has 5 aliphatic rings. The Bertz CT molecular complexity index is 824. The first kappa shape index (κ1) is 20.5. The number of allylic oxidation sites excluding steroid dienone is 3. The van der Waals surface area contributed by atoms with Gasteiger partial charge in [0.2, 0.25) is 0 Å². The normalized spacial score (nSPS) is 49.2. The van der Waals surface area contributed by atoms with Crippen molar-refractivity contribution in [3.05, 3.63) is 23.8 Å². The van der Waals surface area contributed by atoms with Crippen molar-refractivity contribution in [2.24, 2.45) is 39.9 Å². The molecule has 0 amide bonds. The van der Waals surface area contributed by atoms with Crippen molar-refractivity contribution in [2.75, 3.05) is 0 Å². The van der Waals surface area contributed by atoms with E-state index in [-0.39, 0.29) is 28.3 Å². The average molecular weight is 411 g/mol. The van der Waals surface area contributed by atoms with Gasteiger partial charge in [0.25, 0.3) is 0 Å². The third-order valence-electron chi connectivity index (χ3n) is 10.7. The zero-order chi connectivity index (χ0) is 21.3. The molecule has 0 spiro atoms. The van der Waals surface area contributed by atoms with Gasteiger partial charge in [-0.15, -0.1) is 0 Å². The first-order valence-corrected chi connectivity index (χ1v) is 12.2. The van der Waals surface area contributed by atoms with Crippen LogP contribution in [0.1, 0.15) is 85.5 Å². The van der Waals surface area contributed by atoms with Gasteiger partial charge < -0.3 is 4.74 Å². The first-order chi connectivity index (χ1) is 14.2. The fourth-order valence-electron chi connectivity index (χ4n) is 9.31. The SMILES string of the molecule is CC(=O)O[C@@H]1CC[C@@]2(C)C(=CC[C@@H]3[C@@H]2CC[C@@]2(C)[C@H]3C[C@@H]3CC=CC[C@@]32C(C)=O)C1. The predicted octanol–water partition coefficient (Wildman–Crippen LogP) is 6.03. The van der Waals surface area contributed by atoms with Crippen LogP contribution in [0.15, 0.2) is 23.8 Å². The summed E-state index contributed by atoms with van der Waals surface area (Å²) in [6, 6.07) is 0. The van der Waals surface area contributed by atoms with E-state index in [0.29, 0.717) is 29.5 Å². The van der Waals surface area contributed by atoms with Gasteiger partial charge in [-0.05, 0) is 92.8 Å². The van der Waals surface area contributed by atoms with E-state index in [1.807, 2.05) is 6.92 Å². The molecule has 0 N–H and O–H groups in total. The molecule has 3 fully saturated rings. The second kappa shape index (κ2) is 6.81. The number of hydrogen-bond acceptors (Lipinski definition) is 3. The number of rotatable bonds is 2. The van der Waals surface area contributed by atoms with Crippen LogP contribution in [0.3, 0.4) is 0 Å². The van der Waals surface area contributed by atoms with E-state index in [1.54, 1.807) is 5.57 Å². The van der Waals surface area contributed by atoms with Crippen LogP contribution in [0.2, 0.25) is 0 Å². The zero-order valence-electron chi connectivity index (χ0n) is 19.2. The lowest BCUT2D eigenvalue weighted by Crippen LogP contribution is -2.55. The summed E-state index contributed by atoms with van der Waals surface area (Å²) in [7, 11) is 0. The van der Waals surface area contributed by atoms with Gasteiger partial charge in [-0.2, -0.15) is 0 Å². The maximum atomic E-state index is 13.2. The van der Waals surface area contributed by atoms with Crippen molar-refractivity contribution in [1.29, 1.82) is 0 Å². The summed E-state index contributed by atoms with van der Waals surface area (Å²) in [6.45, 7) is 8.38. The standard InChI is InChI=1S/C27H38O3/c1-17(28)27-12-6-5-7-20(27)16-24-22-9-8-19-15-21(30-18(2)29)10-13-25(19,3)23(22)11-14-26(24,27)4/h5-6,8,20-24H,7,9-16H2,1-4H3/t20-,21+,22+,23-,24-,25-,26-,27+/m0/s1. The molecule has 8 atom stereocenters. The number of carbonyl (C=O) groups is 2. The number of ether oxygens (including phenoxy) is 1. The number of fused-ring (bicyclic) bond motifs is 7. The van der Waals surface area contributed by atoms with Crippen molar-refractivity contribution in [1.82, 2.24) is 0 Å². The van der Waals surface area contributed by atoms with Crippen molar-refractivity contribution < 1.29 is 14.3 Å². The second-order valence-electron chi connectivity index (χ2n) is 11.6. The van der Waals surface area contributed by atoms with Gasteiger partial charge in [-0.25, -0.2) is 0 Å². The second-order valence-corrected chi connectivity index (χ2v) is 11.6. The summed E-state index contributed by atoms with van der Waals surface area (Å²) in [5.41, 5.74) is 1.81. The number of hydrogen-bond donors (Lipinski definition) is 0. The predicted molar refractivity (Wildman–Crippen MR) is 118 cm³/mol. The lowest BCUT2D eigenvalue weighted by Gasteiger charge is -2.60. The molecule has 3 nitrogen and oxygen atoms in total. The third-order valence-corrected chi connectivity index (χ3v) is 10.7. The molecule has 0 unspecified atom stereocenters. The quantitative estimate of drug-likeness (QED) is 0.412. The third kappa shape index (κ3) is 2.56. The van der Waals surface area contributed by atoms with E-state index in [0.717, 1.165) is 38.5 Å². The molecule has 0 aromatic heterocycles. The lowest BCUT2D eigenvalue weighted by atomic mass is 9.44. The molecule has 3 saturated carbocycles. The van der Waals surface area contributed by atoms with Gasteiger partial charge in [0.1, 0.15) is 11.9 Å². The van der Waals surface area contributed by atoms with E-state index in [9.17, 15) is 9.59 Å². The first-order valence-electron chi connectivity index (χ1n) is 12.2. The maximum absolute atomic E-state index is 13.2. The molecule has 5 aliphatic carbocycles. The molecule has 0 bridgehead atoms. The Balaban J connectivity index is 1.47. The minimum Gasteiger partial charge on any atom is -0.462 e. The smallest absolute Gasteiger partial charge is 0.302 e. The largest absolute Gasteiger partial charge is 0.462 e. The van der Waals surface area contributed by atoms with Crippen LogP contribution in [-0.4, -0.2) is 17.9 Å². The number of Topliss-reactive ketones (excluding diaryl/α,β-unsaturated/α-hetero) is 1. The van der Waals surface area contributed by atoms with Crippen LogP contribution in [0.5, 0.6) is 0 Å². The summed E-state index contributed by atoms with van der Waals surface area (Å²) in [5.74, 6) is 2.90. The minimum atomic E-state index is -0.150. The highest BCUT2D eigenvalue weighted by Crippen LogP contribution is 2.73. The van der Waals surface area contributed by atoms with Gasteiger partial charge in [0, 0.05) is 18.8 Å². The summed E-state index contributed by atoms with van der Waals surface area (Å²) < 4.78 is 5.59. The average Bonchev–Trinajstić information content (AvgIpc) is 2.98. The van der Waals surface area contributed by atoms with E-state index in [2.05, 4.69) is 32.1 Å². The maximum Gasteiger partial charge on any atom is 0.302 e. The minimum absolute atomic E-state index is 0.0636. The van der Waals surface area contributed by atoms with Crippen molar-refractivity contribution in [2.45, 2.75) is 91.6 Å². The van der Waals surface area contributed by atoms with Crippen LogP contribution in [-0.2, 0) is 14.3 Å². The molecule has 5 rings (SSSR count). The molecule has 0 heterocycles. The van der Waals surface area contributed by atoms with Gasteiger partial charge in [-0.3, -0.25) is 9.59 Å². The Hall–Kier alpha value is -1.38. The topological polar surface area (TPSA) is 43.4 Å². The summed E-state index contributed by atoms with van der Waals surface area (Å²) in [5, 5.41) is 0. The van der Waals surface area contributed by atoms with E-state index in [1.165, 1.54) is 26.2 Å². The van der Waals surface area contributed by atoms with Crippen molar-refractivity contribution in [3.8, 4) is 0 Å². The highest BCUT2D eigenvalue weighted by Gasteiger charge is 2.68. The number of carbonyl (C=O) groups excluding carboxylic acids is 2. The molecule has 0 saturated heterocycles. The highest BCUT2D eigenvalue weighted by atomic mass is 16.5. The number of ketones is 1. The van der Waals surface area contributed by atoms with E-state index < -0.39 is 0 Å². The molecule has 0 aromatic rings. The summed E-state index contributed by atoms with van der Waals surface area (Å²) in [4.78, 5) is 24.6. The van der Waals surface area contributed by atoms with Gasteiger partial charge in [0.05, 0.1) is 0 Å². The Morgan fingerprint density at radius 1 is 1.03 bits per heavy atom. The van der Waals surface area contributed by atoms with E-state index >= 15 is 0 Å². The highest BCUT2D eigenvalue weighted by molar-refractivity contribution is 5.85. The fraction of sp³-hybridized carbons (Fsp3) is 0.778. The molecule has 0 aliphatic heterocycles. The van der Waals surface area contributed by atoms with Gasteiger partial charge in [-0.1, -0.05) is 37.6 Å². The summed E-state index contributed by atoms with van der Waals surface area (Å²) in [6.07, 6.45) is 17.1. The van der Waals surface area contributed by atoms with Crippen LogP contribution < -0.4 is 0 Å². The molecule has 164 valence electrons. The Kier molecular flexibility index (Phi) is 4.66. The van der Waals surface area contributed by atoms with E-state index in [4.69, 9.17) is 4.74 Å². The Labute approximate surface area is 181 Å². The Morgan fingerprint density at radius 3 is 2.57 bits per heavy atom. The molecular weight excluding hydrogens is 372 g/mol. The molecule has 30 heavy (non-hydrogen) atoms. The molecular formula is C27H38O3. The van der Waals surface area contributed by atoms with Gasteiger partial charge in [0.15, 0.2) is 0 Å². The van der Waals surface area contributed by atoms with Crippen LogP contribution in [0, 0.1) is 39.9 Å². The number of esters is 1. The summed E-state index contributed by atoms with van der Waals surface area (Å²) >= 11 is 0. The van der Waals surface area contributed by atoms with Crippen molar-refractivity contribution >= 4 is 11.8 Å². The monoisotopic (exact) mass is 410 g/mol. The zero-order valence-corrected chi connectivity index (χ0v) is 19.2. The lowest BCUT2D eigenvalue weighted by molar-refractivity contribution is -0.150. The molecule has 0 aromatic carbocycles. The van der Waals surface area contributed by atoms with Crippen LogP contribution in [0.4, 0.5) is 0 Å². The van der Waals surface area contributed by atoms with Gasteiger partial charge >= 0.3 is 5.97 Å². The molecule has 3 heteroatoms. The van der Waals surface area contributed by atoms with Crippen molar-refractivity contribution in [3.63, 3.8) is 0 Å². The van der Waals surface area contributed by atoms with Crippen LogP contribution in [0.25, 0.3) is 0 Å². The molecule has 0 radical (unpaired) electrons. The Morgan fingerprint density at radius 2 is 1.83 bits per heavy atom. The van der Waals surface area contributed by atoms with Crippen LogP contribution >= 0.6 is 0 Å².